The van der Waals surface area contributed by atoms with Crippen LogP contribution in [0.1, 0.15) is 12.0 Å². The molecule has 5 nitrogen and oxygen atoms in total. The maximum Gasteiger partial charge on any atom is 0.404 e. The summed E-state index contributed by atoms with van der Waals surface area (Å²) in [7, 11) is 4.07. The first-order valence-electron chi connectivity index (χ1n) is 7.99. The number of hydrogen-bond donors (Lipinski definition) is 2. The lowest BCUT2D eigenvalue weighted by atomic mass is 10.0. The molecule has 0 atom stereocenters. The molecule has 0 aliphatic rings. The van der Waals surface area contributed by atoms with Crippen molar-refractivity contribution in [1.29, 1.82) is 0 Å². The van der Waals surface area contributed by atoms with E-state index in [1.54, 1.807) is 0 Å². The molecule has 2 N–H and O–H groups in total. The molecule has 0 spiro atoms. The topological polar surface area (TPSA) is 61.8 Å². The summed E-state index contributed by atoms with van der Waals surface area (Å²) in [5.74, 6) is 0.782. The average molecular weight is 328 g/mol. The van der Waals surface area contributed by atoms with Crippen molar-refractivity contribution in [3.8, 4) is 16.9 Å². The number of rotatable bonds is 8. The molecule has 2 aromatic rings. The molecule has 5 heteroatoms. The quantitative estimate of drug-likeness (QED) is 0.729. The maximum absolute atomic E-state index is 10.7. The van der Waals surface area contributed by atoms with Gasteiger partial charge in [-0.1, -0.05) is 42.5 Å². The third kappa shape index (κ3) is 5.59. The summed E-state index contributed by atoms with van der Waals surface area (Å²) in [6.45, 7) is 1.84. The molecule has 0 aromatic heterocycles. The van der Waals surface area contributed by atoms with E-state index < -0.39 is 6.09 Å². The molecule has 0 bridgehead atoms. The lowest BCUT2D eigenvalue weighted by Gasteiger charge is -2.15. The lowest BCUT2D eigenvalue weighted by molar-refractivity contribution is 0.194. The predicted octanol–water partition coefficient (Wildman–Crippen LogP) is 3.45. The van der Waals surface area contributed by atoms with Gasteiger partial charge in [-0.05, 0) is 37.7 Å². The van der Waals surface area contributed by atoms with Gasteiger partial charge in [0.15, 0.2) is 0 Å². The van der Waals surface area contributed by atoms with Crippen LogP contribution in [0.4, 0.5) is 4.79 Å². The van der Waals surface area contributed by atoms with Gasteiger partial charge in [-0.25, -0.2) is 4.79 Å². The molecule has 0 heterocycles. The zero-order valence-electron chi connectivity index (χ0n) is 14.2. The highest BCUT2D eigenvalue weighted by molar-refractivity contribution is 5.71. The number of nitrogens with zero attached hydrogens (tertiary/aromatic N) is 1. The number of nitrogens with one attached hydrogen (secondary N) is 1. The highest BCUT2D eigenvalue weighted by atomic mass is 16.5. The van der Waals surface area contributed by atoms with E-state index in [1.807, 2.05) is 62.6 Å². The van der Waals surface area contributed by atoms with Crippen molar-refractivity contribution in [3.63, 3.8) is 0 Å². The lowest BCUT2D eigenvalue weighted by Crippen LogP contribution is -2.20. The Labute approximate surface area is 142 Å². The number of hydrogen-bond acceptors (Lipinski definition) is 3. The van der Waals surface area contributed by atoms with Gasteiger partial charge in [0, 0.05) is 18.7 Å². The SMILES string of the molecule is CN(C)CCCOc1cc(CNC(=O)O)ccc1-c1ccccc1. The zero-order valence-corrected chi connectivity index (χ0v) is 14.2. The second-order valence-electron chi connectivity index (χ2n) is 5.86. The Morgan fingerprint density at radius 2 is 1.92 bits per heavy atom. The molecule has 2 rings (SSSR count). The first kappa shape index (κ1) is 17.8. The van der Waals surface area contributed by atoms with Crippen LogP contribution in [0.3, 0.4) is 0 Å². The van der Waals surface area contributed by atoms with E-state index in [2.05, 4.69) is 10.2 Å². The van der Waals surface area contributed by atoms with Crippen molar-refractivity contribution in [1.82, 2.24) is 10.2 Å². The molecule has 0 aliphatic carbocycles. The fourth-order valence-electron chi connectivity index (χ4n) is 2.39. The van der Waals surface area contributed by atoms with Crippen molar-refractivity contribution in [2.24, 2.45) is 0 Å². The van der Waals surface area contributed by atoms with Gasteiger partial charge in [0.2, 0.25) is 0 Å². The van der Waals surface area contributed by atoms with E-state index in [9.17, 15) is 4.79 Å². The predicted molar refractivity (Wildman–Crippen MR) is 95.4 cm³/mol. The van der Waals surface area contributed by atoms with Crippen molar-refractivity contribution in [2.75, 3.05) is 27.2 Å². The molecule has 0 fully saturated rings. The first-order valence-corrected chi connectivity index (χ1v) is 7.99. The molecule has 0 unspecified atom stereocenters. The van der Waals surface area contributed by atoms with Gasteiger partial charge in [-0.3, -0.25) is 0 Å². The van der Waals surface area contributed by atoms with Crippen molar-refractivity contribution in [2.45, 2.75) is 13.0 Å². The van der Waals surface area contributed by atoms with Crippen LogP contribution in [-0.2, 0) is 6.54 Å². The Hall–Kier alpha value is -2.53. The van der Waals surface area contributed by atoms with Crippen molar-refractivity contribution in [3.05, 3.63) is 54.1 Å². The average Bonchev–Trinajstić information content (AvgIpc) is 2.57. The summed E-state index contributed by atoms with van der Waals surface area (Å²) in [6.07, 6.45) is -0.102. The van der Waals surface area contributed by atoms with E-state index in [1.165, 1.54) is 0 Å². The van der Waals surface area contributed by atoms with Crippen LogP contribution >= 0.6 is 0 Å². The van der Waals surface area contributed by atoms with Gasteiger partial charge in [-0.15, -0.1) is 0 Å². The van der Waals surface area contributed by atoms with E-state index in [4.69, 9.17) is 9.84 Å². The largest absolute Gasteiger partial charge is 0.493 e. The fraction of sp³-hybridized carbons (Fsp3) is 0.316. The number of ether oxygens (including phenoxy) is 1. The third-order valence-electron chi connectivity index (χ3n) is 3.58. The van der Waals surface area contributed by atoms with Gasteiger partial charge in [0.1, 0.15) is 5.75 Å². The van der Waals surface area contributed by atoms with Gasteiger partial charge in [-0.2, -0.15) is 0 Å². The molecule has 1 amide bonds. The summed E-state index contributed by atoms with van der Waals surface area (Å²) in [5.41, 5.74) is 2.97. The Morgan fingerprint density at radius 3 is 2.58 bits per heavy atom. The first-order chi connectivity index (χ1) is 11.6. The van der Waals surface area contributed by atoms with E-state index >= 15 is 0 Å². The van der Waals surface area contributed by atoms with Crippen LogP contribution in [-0.4, -0.2) is 43.3 Å². The number of benzene rings is 2. The van der Waals surface area contributed by atoms with Gasteiger partial charge >= 0.3 is 6.09 Å². The highest BCUT2D eigenvalue weighted by Gasteiger charge is 2.08. The molecular formula is C19H24N2O3. The summed E-state index contributed by atoms with van der Waals surface area (Å²) in [6, 6.07) is 15.9. The third-order valence-corrected chi connectivity index (χ3v) is 3.58. The molecule has 0 saturated carbocycles. The van der Waals surface area contributed by atoms with Crippen LogP contribution in [0.5, 0.6) is 5.75 Å². The van der Waals surface area contributed by atoms with Gasteiger partial charge in [0.05, 0.1) is 6.61 Å². The van der Waals surface area contributed by atoms with Gasteiger partial charge in [0.25, 0.3) is 0 Å². The maximum atomic E-state index is 10.7. The molecule has 128 valence electrons. The molecule has 24 heavy (non-hydrogen) atoms. The van der Waals surface area contributed by atoms with Crippen LogP contribution in [0.25, 0.3) is 11.1 Å². The summed E-state index contributed by atoms with van der Waals surface area (Å²) in [5, 5.41) is 11.1. The summed E-state index contributed by atoms with van der Waals surface area (Å²) < 4.78 is 5.99. The van der Waals surface area contributed by atoms with E-state index in [-0.39, 0.29) is 6.54 Å². The van der Waals surface area contributed by atoms with Gasteiger partial charge < -0.3 is 20.1 Å². The molecule has 0 aliphatic heterocycles. The molecule has 0 saturated heterocycles. The molecule has 0 radical (unpaired) electrons. The zero-order chi connectivity index (χ0) is 17.4. The van der Waals surface area contributed by atoms with E-state index in [0.29, 0.717) is 6.61 Å². The van der Waals surface area contributed by atoms with Crippen LogP contribution < -0.4 is 10.1 Å². The fourth-order valence-corrected chi connectivity index (χ4v) is 2.39. The summed E-state index contributed by atoms with van der Waals surface area (Å²) in [4.78, 5) is 12.8. The van der Waals surface area contributed by atoms with Crippen molar-refractivity contribution >= 4 is 6.09 Å². The molecule has 2 aromatic carbocycles. The second-order valence-corrected chi connectivity index (χ2v) is 5.86. The minimum absolute atomic E-state index is 0.262. The Balaban J connectivity index is 2.17. The minimum atomic E-state index is -1.03. The molecular weight excluding hydrogens is 304 g/mol. The summed E-state index contributed by atoms with van der Waals surface area (Å²) >= 11 is 0. The normalized spacial score (nSPS) is 10.6. The number of amides is 1. The number of carbonyl (C=O) groups is 1. The van der Waals surface area contributed by atoms with Crippen LogP contribution in [0, 0.1) is 0 Å². The smallest absolute Gasteiger partial charge is 0.404 e. The van der Waals surface area contributed by atoms with Crippen molar-refractivity contribution < 1.29 is 14.6 Å². The Kier molecular flexibility index (Phi) is 6.63. The van der Waals surface area contributed by atoms with Crippen LogP contribution in [0.15, 0.2) is 48.5 Å². The number of carboxylic acid groups (broad SMARTS) is 1. The Bertz CT molecular complexity index is 657. The highest BCUT2D eigenvalue weighted by Crippen LogP contribution is 2.31. The second kappa shape index (κ2) is 8.93. The van der Waals surface area contributed by atoms with Crippen LogP contribution in [0.2, 0.25) is 0 Å². The van der Waals surface area contributed by atoms with E-state index in [0.717, 1.165) is 35.4 Å². The monoisotopic (exact) mass is 328 g/mol. The standard InChI is InChI=1S/C19H24N2O3/c1-21(2)11-6-12-24-18-13-15(14-20-19(22)23)9-10-17(18)16-7-4-3-5-8-16/h3-5,7-10,13,20H,6,11-12,14H2,1-2H3,(H,22,23). The Morgan fingerprint density at radius 1 is 1.17 bits per heavy atom. The minimum Gasteiger partial charge on any atom is -0.493 e.